The average Bonchev–Trinajstić information content (AvgIpc) is 2.84. The molecular weight excluding hydrogens is 510 g/mol. The number of carbonyl (C=O) groups is 4. The van der Waals surface area contributed by atoms with Crippen LogP contribution in [-0.2, 0) is 23.8 Å². The molecule has 1 rings (SSSR count). The van der Waals surface area contributed by atoms with Crippen LogP contribution in [0, 0.1) is 17.8 Å². The van der Waals surface area contributed by atoms with E-state index in [1.807, 2.05) is 27.7 Å². The maximum Gasteiger partial charge on any atom is 0.514 e. The zero-order valence-electron chi connectivity index (χ0n) is 24.3. The topological polar surface area (TPSA) is 161 Å². The summed E-state index contributed by atoms with van der Waals surface area (Å²) in [6.07, 6.45) is -3.49. The minimum absolute atomic E-state index is 0.0122. The maximum atomic E-state index is 12.6. The van der Waals surface area contributed by atoms with Crippen molar-refractivity contribution in [2.75, 3.05) is 0 Å². The summed E-state index contributed by atoms with van der Waals surface area (Å²) in [5.41, 5.74) is 6.42. The summed E-state index contributed by atoms with van der Waals surface area (Å²) >= 11 is 0. The summed E-state index contributed by atoms with van der Waals surface area (Å²) in [6.45, 7) is 15.9. The fourth-order valence-corrected chi connectivity index (χ4v) is 3.38. The molecule has 5 unspecified atom stereocenters. The molecule has 1 aromatic rings. The van der Waals surface area contributed by atoms with E-state index in [9.17, 15) is 24.3 Å². The van der Waals surface area contributed by atoms with Crippen LogP contribution in [0.15, 0.2) is 18.2 Å². The first kappa shape index (κ1) is 33.7. The Bertz CT molecular complexity index is 993. The fraction of sp³-hybridized carbons (Fsp3) is 0.643. The summed E-state index contributed by atoms with van der Waals surface area (Å²) in [7, 11) is 0. The van der Waals surface area contributed by atoms with Crippen molar-refractivity contribution in [3.63, 3.8) is 0 Å². The molecule has 0 aliphatic carbocycles. The number of carboxylic acids is 1. The molecule has 0 bridgehead atoms. The third-order valence-corrected chi connectivity index (χ3v) is 6.77. The van der Waals surface area contributed by atoms with Crippen LogP contribution >= 0.6 is 0 Å². The molecule has 0 saturated carbocycles. The molecule has 39 heavy (non-hydrogen) atoms. The molecule has 6 atom stereocenters. The SMILES string of the molecule is CCC(=O)OC(C)C(C)C(c1ccc(OC(=O)OC(C)C(C)C)c(OC(=O)OC(C)C(C)C)c1)[C@H](N)C(=O)O. The summed E-state index contributed by atoms with van der Waals surface area (Å²) in [4.78, 5) is 48.8. The van der Waals surface area contributed by atoms with E-state index in [0.717, 1.165) is 0 Å². The Kier molecular flexibility index (Phi) is 13.2. The number of hydrogen-bond donors (Lipinski definition) is 2. The predicted molar refractivity (Wildman–Crippen MR) is 143 cm³/mol. The van der Waals surface area contributed by atoms with Crippen molar-refractivity contribution in [1.29, 1.82) is 0 Å². The standard InChI is InChI=1S/C28H43NO10/c1-10-23(30)35-19(9)16(6)24(25(29)26(31)32)20-11-12-21(38-27(33)36-17(7)14(2)3)22(13-20)39-28(34)37-18(8)15(4)5/h11-19,24-25H,10,29H2,1-9H3,(H,31,32)/t16?,17?,18?,19?,24?,25-/m0/s1. The van der Waals surface area contributed by atoms with Gasteiger partial charge < -0.3 is 34.5 Å². The molecule has 0 fully saturated rings. The number of aliphatic carboxylic acids is 1. The smallest absolute Gasteiger partial charge is 0.480 e. The Morgan fingerprint density at radius 1 is 0.769 bits per heavy atom. The van der Waals surface area contributed by atoms with Crippen LogP contribution in [-0.4, -0.2) is 53.7 Å². The Hall–Kier alpha value is -3.34. The molecule has 11 nitrogen and oxygen atoms in total. The second-order valence-electron chi connectivity index (χ2n) is 10.3. The van der Waals surface area contributed by atoms with Crippen LogP contribution in [0.5, 0.6) is 11.5 Å². The molecule has 0 spiro atoms. The summed E-state index contributed by atoms with van der Waals surface area (Å²) in [6, 6.07) is 2.81. The minimum Gasteiger partial charge on any atom is -0.480 e. The summed E-state index contributed by atoms with van der Waals surface area (Å²) in [5.74, 6) is -3.45. The van der Waals surface area contributed by atoms with Crippen LogP contribution in [0.4, 0.5) is 9.59 Å². The van der Waals surface area contributed by atoms with Crippen LogP contribution < -0.4 is 15.2 Å². The van der Waals surface area contributed by atoms with Crippen molar-refractivity contribution >= 4 is 24.2 Å². The van der Waals surface area contributed by atoms with Gasteiger partial charge in [-0.2, -0.15) is 0 Å². The van der Waals surface area contributed by atoms with E-state index in [4.69, 9.17) is 29.4 Å². The quantitative estimate of drug-likeness (QED) is 0.186. The van der Waals surface area contributed by atoms with Crippen molar-refractivity contribution in [3.05, 3.63) is 23.8 Å². The van der Waals surface area contributed by atoms with Crippen molar-refractivity contribution in [2.24, 2.45) is 23.5 Å². The minimum atomic E-state index is -1.40. The van der Waals surface area contributed by atoms with Crippen molar-refractivity contribution in [1.82, 2.24) is 0 Å². The van der Waals surface area contributed by atoms with Crippen LogP contribution in [0.3, 0.4) is 0 Å². The van der Waals surface area contributed by atoms with Crippen LogP contribution in [0.2, 0.25) is 0 Å². The highest BCUT2D eigenvalue weighted by Crippen LogP contribution is 2.37. The zero-order valence-corrected chi connectivity index (χ0v) is 24.3. The molecule has 0 amide bonds. The van der Waals surface area contributed by atoms with E-state index in [1.54, 1.807) is 34.6 Å². The normalized spacial score (nSPS) is 15.9. The van der Waals surface area contributed by atoms with Gasteiger partial charge in [0.25, 0.3) is 0 Å². The Morgan fingerprint density at radius 3 is 1.69 bits per heavy atom. The Morgan fingerprint density at radius 2 is 1.26 bits per heavy atom. The molecule has 0 saturated heterocycles. The molecule has 1 aromatic carbocycles. The van der Waals surface area contributed by atoms with Gasteiger partial charge in [0.15, 0.2) is 11.5 Å². The molecular formula is C28H43NO10. The van der Waals surface area contributed by atoms with E-state index in [2.05, 4.69) is 0 Å². The number of nitrogens with two attached hydrogens (primary N) is 1. The first-order chi connectivity index (χ1) is 18.1. The number of hydrogen-bond acceptors (Lipinski definition) is 10. The highest BCUT2D eigenvalue weighted by atomic mass is 16.7. The van der Waals surface area contributed by atoms with Gasteiger partial charge in [0.2, 0.25) is 0 Å². The number of carboxylic acid groups (broad SMARTS) is 1. The molecule has 0 aromatic heterocycles. The third-order valence-electron chi connectivity index (χ3n) is 6.77. The van der Waals surface area contributed by atoms with Gasteiger partial charge in [-0.25, -0.2) is 9.59 Å². The van der Waals surface area contributed by atoms with Gasteiger partial charge in [0.05, 0.1) is 0 Å². The van der Waals surface area contributed by atoms with E-state index in [0.29, 0.717) is 5.56 Å². The van der Waals surface area contributed by atoms with Gasteiger partial charge in [-0.3, -0.25) is 9.59 Å². The Labute approximate surface area is 230 Å². The van der Waals surface area contributed by atoms with Crippen molar-refractivity contribution < 1.29 is 48.0 Å². The van der Waals surface area contributed by atoms with Crippen LogP contribution in [0.25, 0.3) is 0 Å². The molecule has 0 radical (unpaired) electrons. The zero-order chi connectivity index (χ0) is 30.0. The first-order valence-corrected chi connectivity index (χ1v) is 13.2. The van der Waals surface area contributed by atoms with Gasteiger partial charge in [0, 0.05) is 18.3 Å². The van der Waals surface area contributed by atoms with E-state index >= 15 is 0 Å². The van der Waals surface area contributed by atoms with Gasteiger partial charge in [-0.15, -0.1) is 0 Å². The van der Waals surface area contributed by atoms with Crippen LogP contribution in [0.1, 0.15) is 80.2 Å². The lowest BCUT2D eigenvalue weighted by Gasteiger charge is -2.31. The maximum absolute atomic E-state index is 12.6. The van der Waals surface area contributed by atoms with Crippen molar-refractivity contribution in [3.8, 4) is 11.5 Å². The second kappa shape index (κ2) is 15.3. The number of benzene rings is 1. The van der Waals surface area contributed by atoms with Gasteiger partial charge >= 0.3 is 24.2 Å². The van der Waals surface area contributed by atoms with Gasteiger partial charge in [-0.1, -0.05) is 47.6 Å². The molecule has 11 heteroatoms. The monoisotopic (exact) mass is 553 g/mol. The molecule has 0 aliphatic rings. The number of carbonyl (C=O) groups excluding carboxylic acids is 3. The van der Waals surface area contributed by atoms with Gasteiger partial charge in [-0.05, 0) is 50.3 Å². The largest absolute Gasteiger partial charge is 0.514 e. The lowest BCUT2D eigenvalue weighted by Crippen LogP contribution is -2.42. The number of rotatable bonds is 13. The third kappa shape index (κ3) is 10.4. The van der Waals surface area contributed by atoms with Gasteiger partial charge in [0.1, 0.15) is 24.4 Å². The second-order valence-corrected chi connectivity index (χ2v) is 10.3. The highest BCUT2D eigenvalue weighted by Gasteiger charge is 2.36. The highest BCUT2D eigenvalue weighted by molar-refractivity contribution is 5.75. The fourth-order valence-electron chi connectivity index (χ4n) is 3.38. The first-order valence-electron chi connectivity index (χ1n) is 13.2. The van der Waals surface area contributed by atoms with Crippen molar-refractivity contribution in [2.45, 2.75) is 99.0 Å². The lowest BCUT2D eigenvalue weighted by molar-refractivity contribution is -0.150. The van der Waals surface area contributed by atoms with E-state index < -0.39 is 60.4 Å². The molecule has 0 heterocycles. The average molecular weight is 554 g/mol. The summed E-state index contributed by atoms with van der Waals surface area (Å²) < 4.78 is 26.7. The Balaban J connectivity index is 3.49. The predicted octanol–water partition coefficient (Wildman–Crippen LogP) is 5.28. The van der Waals surface area contributed by atoms with E-state index in [-0.39, 0.29) is 29.8 Å². The molecule has 3 N–H and O–H groups in total. The molecule has 0 aliphatic heterocycles. The number of ether oxygens (including phenoxy) is 5. The lowest BCUT2D eigenvalue weighted by atomic mass is 9.79. The number of esters is 1. The van der Waals surface area contributed by atoms with E-state index in [1.165, 1.54) is 18.2 Å². The molecule has 220 valence electrons. The summed E-state index contributed by atoms with van der Waals surface area (Å²) in [5, 5.41) is 9.72.